The molecule has 0 spiro atoms. The van der Waals surface area contributed by atoms with Crippen molar-refractivity contribution in [3.63, 3.8) is 0 Å². The van der Waals surface area contributed by atoms with E-state index in [1.165, 1.54) is 0 Å². The Morgan fingerprint density at radius 1 is 1.21 bits per heavy atom. The molecule has 102 valence electrons. The molecule has 1 atom stereocenters. The largest absolute Gasteiger partial charge is 0.495 e. The first-order valence-electron chi connectivity index (χ1n) is 5.80. The van der Waals surface area contributed by atoms with Crippen molar-refractivity contribution in [1.82, 2.24) is 0 Å². The highest BCUT2D eigenvalue weighted by Crippen LogP contribution is 2.40. The molecule has 0 bridgehead atoms. The summed E-state index contributed by atoms with van der Waals surface area (Å²) >= 11 is 6.22. The van der Waals surface area contributed by atoms with Gasteiger partial charge in [-0.15, -0.1) is 0 Å². The Morgan fingerprint density at radius 2 is 1.95 bits per heavy atom. The van der Waals surface area contributed by atoms with E-state index in [9.17, 15) is 0 Å². The summed E-state index contributed by atoms with van der Waals surface area (Å²) in [5.41, 5.74) is 7.97. The minimum absolute atomic E-state index is 0.405. The topological polar surface area (TPSA) is 57.6 Å². The van der Waals surface area contributed by atoms with Gasteiger partial charge in [0.2, 0.25) is 0 Å². The van der Waals surface area contributed by atoms with E-state index in [1.54, 1.807) is 26.5 Å². The van der Waals surface area contributed by atoms with Crippen LogP contribution in [0.25, 0.3) is 0 Å². The van der Waals surface area contributed by atoms with Crippen molar-refractivity contribution in [1.29, 1.82) is 0 Å². The summed E-state index contributed by atoms with van der Waals surface area (Å²) < 4.78 is 15.9. The summed E-state index contributed by atoms with van der Waals surface area (Å²) in [6.45, 7) is 1.94. The van der Waals surface area contributed by atoms with Crippen molar-refractivity contribution < 1.29 is 13.9 Å². The van der Waals surface area contributed by atoms with Crippen molar-refractivity contribution in [3.8, 4) is 11.5 Å². The third-order valence-corrected chi connectivity index (χ3v) is 3.39. The van der Waals surface area contributed by atoms with Gasteiger partial charge in [-0.05, 0) is 30.7 Å². The molecule has 1 heterocycles. The molecule has 2 N–H and O–H groups in total. The Balaban J connectivity index is 2.51. The lowest BCUT2D eigenvalue weighted by molar-refractivity contribution is 0.387. The summed E-state index contributed by atoms with van der Waals surface area (Å²) in [5.74, 6) is 1.74. The van der Waals surface area contributed by atoms with Gasteiger partial charge in [0.25, 0.3) is 0 Å². The molecule has 0 saturated heterocycles. The zero-order valence-electron chi connectivity index (χ0n) is 11.1. The molecule has 0 radical (unpaired) electrons. The first kappa shape index (κ1) is 13.8. The first-order valence-corrected chi connectivity index (χ1v) is 6.17. The average Bonchev–Trinajstić information content (AvgIpc) is 2.83. The number of halogens is 1. The molecule has 1 aromatic heterocycles. The molecular formula is C14H16ClNO3. The van der Waals surface area contributed by atoms with Gasteiger partial charge < -0.3 is 19.6 Å². The zero-order chi connectivity index (χ0) is 14.0. The Hall–Kier alpha value is -1.65. The summed E-state index contributed by atoms with van der Waals surface area (Å²) in [4.78, 5) is 0. The van der Waals surface area contributed by atoms with Gasteiger partial charge in [-0.25, -0.2) is 0 Å². The van der Waals surface area contributed by atoms with E-state index < -0.39 is 6.04 Å². The van der Waals surface area contributed by atoms with Crippen LogP contribution in [-0.2, 0) is 0 Å². The average molecular weight is 282 g/mol. The maximum Gasteiger partial charge on any atom is 0.146 e. The third-order valence-electron chi connectivity index (χ3n) is 3.04. The van der Waals surface area contributed by atoms with Gasteiger partial charge in [0.1, 0.15) is 22.3 Å². The quantitative estimate of drug-likeness (QED) is 0.934. The monoisotopic (exact) mass is 281 g/mol. The van der Waals surface area contributed by atoms with Crippen LogP contribution >= 0.6 is 11.6 Å². The predicted molar refractivity (Wildman–Crippen MR) is 74.0 cm³/mol. The molecule has 0 aliphatic carbocycles. The highest BCUT2D eigenvalue weighted by atomic mass is 35.5. The maximum atomic E-state index is 6.23. The van der Waals surface area contributed by atoms with E-state index in [-0.39, 0.29) is 0 Å². The van der Waals surface area contributed by atoms with Gasteiger partial charge in [0.15, 0.2) is 0 Å². The highest BCUT2D eigenvalue weighted by molar-refractivity contribution is 6.33. The summed E-state index contributed by atoms with van der Waals surface area (Å²) in [5, 5.41) is 0.405. The van der Waals surface area contributed by atoms with Gasteiger partial charge in [-0.3, -0.25) is 0 Å². The molecule has 2 aromatic rings. The standard InChI is InChI=1S/C14H16ClNO3/c1-8-6-7-19-13(8)12(16)9-4-5-10(17-2)11(15)14(9)18-3/h4-7,12H,16H2,1-3H3. The fourth-order valence-electron chi connectivity index (χ4n) is 2.01. The van der Waals surface area contributed by atoms with Crippen molar-refractivity contribution in [2.24, 2.45) is 5.73 Å². The Labute approximate surface area is 117 Å². The van der Waals surface area contributed by atoms with Crippen LogP contribution in [0.4, 0.5) is 0 Å². The summed E-state index contributed by atoms with van der Waals surface area (Å²) in [7, 11) is 3.10. The SMILES string of the molecule is COc1ccc(C(N)c2occc2C)c(OC)c1Cl. The fraction of sp³-hybridized carbons (Fsp3) is 0.286. The second-order valence-corrected chi connectivity index (χ2v) is 4.53. The van der Waals surface area contributed by atoms with E-state index in [0.717, 1.165) is 11.1 Å². The van der Waals surface area contributed by atoms with E-state index in [1.807, 2.05) is 19.1 Å². The zero-order valence-corrected chi connectivity index (χ0v) is 11.8. The van der Waals surface area contributed by atoms with E-state index >= 15 is 0 Å². The summed E-state index contributed by atoms with van der Waals surface area (Å²) in [6.07, 6.45) is 1.61. The smallest absolute Gasteiger partial charge is 0.146 e. The van der Waals surface area contributed by atoms with Gasteiger partial charge in [-0.2, -0.15) is 0 Å². The van der Waals surface area contributed by atoms with Crippen molar-refractivity contribution in [3.05, 3.63) is 46.4 Å². The molecule has 19 heavy (non-hydrogen) atoms. The number of hydrogen-bond acceptors (Lipinski definition) is 4. The number of aryl methyl sites for hydroxylation is 1. The van der Waals surface area contributed by atoms with E-state index in [4.69, 9.17) is 31.2 Å². The Bertz CT molecular complexity index is 580. The molecule has 2 rings (SSSR count). The normalized spacial score (nSPS) is 12.3. The van der Waals surface area contributed by atoms with Crippen LogP contribution in [0.2, 0.25) is 5.02 Å². The van der Waals surface area contributed by atoms with Crippen LogP contribution in [0.15, 0.2) is 28.9 Å². The van der Waals surface area contributed by atoms with Crippen molar-refractivity contribution >= 4 is 11.6 Å². The fourth-order valence-corrected chi connectivity index (χ4v) is 2.33. The molecule has 0 aliphatic heterocycles. The second kappa shape index (κ2) is 5.55. The Morgan fingerprint density at radius 3 is 2.47 bits per heavy atom. The Kier molecular flexibility index (Phi) is 4.02. The van der Waals surface area contributed by atoms with Crippen molar-refractivity contribution in [2.45, 2.75) is 13.0 Å². The molecule has 0 saturated carbocycles. The molecule has 1 unspecified atom stereocenters. The number of rotatable bonds is 4. The van der Waals surface area contributed by atoms with Gasteiger partial charge in [-0.1, -0.05) is 11.6 Å². The number of furan rings is 1. The molecule has 4 nitrogen and oxygen atoms in total. The molecule has 1 aromatic carbocycles. The van der Waals surface area contributed by atoms with Crippen molar-refractivity contribution in [2.75, 3.05) is 14.2 Å². The molecule has 0 fully saturated rings. The molecule has 0 amide bonds. The minimum atomic E-state index is -0.437. The van der Waals surface area contributed by atoms with Gasteiger partial charge >= 0.3 is 0 Å². The number of ether oxygens (including phenoxy) is 2. The van der Waals surface area contributed by atoms with Crippen LogP contribution in [0.3, 0.4) is 0 Å². The molecule has 0 aliphatic rings. The minimum Gasteiger partial charge on any atom is -0.495 e. The summed E-state index contributed by atoms with van der Waals surface area (Å²) in [6, 6.07) is 5.02. The maximum absolute atomic E-state index is 6.23. The first-order chi connectivity index (χ1) is 9.10. The number of nitrogens with two attached hydrogens (primary N) is 1. The number of benzene rings is 1. The predicted octanol–water partition coefficient (Wildman–Crippen LogP) is 3.31. The van der Waals surface area contributed by atoms with Crippen LogP contribution < -0.4 is 15.2 Å². The molecule has 5 heteroatoms. The van der Waals surface area contributed by atoms with Crippen LogP contribution in [0.1, 0.15) is 22.9 Å². The van der Waals surface area contributed by atoms with E-state index in [0.29, 0.717) is 22.3 Å². The van der Waals surface area contributed by atoms with E-state index in [2.05, 4.69) is 0 Å². The highest BCUT2D eigenvalue weighted by Gasteiger charge is 2.22. The number of methoxy groups -OCH3 is 2. The van der Waals surface area contributed by atoms with Gasteiger partial charge in [0, 0.05) is 5.56 Å². The van der Waals surface area contributed by atoms with Crippen LogP contribution in [0, 0.1) is 6.92 Å². The second-order valence-electron chi connectivity index (χ2n) is 4.15. The van der Waals surface area contributed by atoms with Crippen LogP contribution in [0.5, 0.6) is 11.5 Å². The lowest BCUT2D eigenvalue weighted by atomic mass is 10.0. The molecular weight excluding hydrogens is 266 g/mol. The lowest BCUT2D eigenvalue weighted by Crippen LogP contribution is -2.13. The lowest BCUT2D eigenvalue weighted by Gasteiger charge is -2.17. The third kappa shape index (κ3) is 2.41. The number of hydrogen-bond donors (Lipinski definition) is 1. The van der Waals surface area contributed by atoms with Crippen LogP contribution in [-0.4, -0.2) is 14.2 Å². The van der Waals surface area contributed by atoms with Gasteiger partial charge in [0.05, 0.1) is 26.5 Å².